The van der Waals surface area contributed by atoms with Crippen molar-refractivity contribution in [2.24, 2.45) is 4.99 Å². The monoisotopic (exact) mass is 531 g/mol. The molecule has 1 aliphatic rings. The SMILES string of the molecule is CC(=O)NC1=NC(=O)/C(=C\c2cc(Cl)c(OCC(=O)Nc3ccc(Cl)c(Cl)c3)c(Cl)c2)S1. The second kappa shape index (κ2) is 10.6. The van der Waals surface area contributed by atoms with Crippen molar-refractivity contribution < 1.29 is 19.1 Å². The zero-order valence-electron chi connectivity index (χ0n) is 16.2. The Labute approximate surface area is 207 Å². The summed E-state index contributed by atoms with van der Waals surface area (Å²) in [6.07, 6.45) is 1.53. The molecule has 1 aliphatic heterocycles. The van der Waals surface area contributed by atoms with Crippen LogP contribution in [-0.2, 0) is 14.4 Å². The first-order chi connectivity index (χ1) is 15.1. The molecule has 12 heteroatoms. The topological polar surface area (TPSA) is 96.9 Å². The average Bonchev–Trinajstić information content (AvgIpc) is 3.02. The molecule has 32 heavy (non-hydrogen) atoms. The number of nitrogens with zero attached hydrogens (tertiary/aromatic N) is 1. The van der Waals surface area contributed by atoms with Crippen molar-refractivity contribution in [1.29, 1.82) is 0 Å². The highest BCUT2D eigenvalue weighted by Crippen LogP contribution is 2.36. The first-order valence-electron chi connectivity index (χ1n) is 8.79. The fourth-order valence-corrected chi connectivity index (χ4v) is 4.24. The maximum Gasteiger partial charge on any atom is 0.286 e. The van der Waals surface area contributed by atoms with Gasteiger partial charge >= 0.3 is 0 Å². The van der Waals surface area contributed by atoms with Crippen molar-refractivity contribution in [2.75, 3.05) is 11.9 Å². The molecule has 3 amide bonds. The van der Waals surface area contributed by atoms with E-state index in [-0.39, 0.29) is 38.4 Å². The predicted molar refractivity (Wildman–Crippen MR) is 129 cm³/mol. The normalized spacial score (nSPS) is 14.3. The summed E-state index contributed by atoms with van der Waals surface area (Å²) >= 11 is 25.3. The number of nitrogens with one attached hydrogen (secondary N) is 2. The third kappa shape index (κ3) is 6.40. The highest BCUT2D eigenvalue weighted by molar-refractivity contribution is 8.18. The molecule has 0 fully saturated rings. The van der Waals surface area contributed by atoms with Crippen LogP contribution < -0.4 is 15.4 Å². The molecule has 7 nitrogen and oxygen atoms in total. The van der Waals surface area contributed by atoms with E-state index in [2.05, 4.69) is 15.6 Å². The number of aliphatic imine (C=N–C) groups is 1. The Kier molecular flexibility index (Phi) is 8.08. The molecule has 0 spiro atoms. The minimum absolute atomic E-state index is 0.111. The largest absolute Gasteiger partial charge is 0.481 e. The number of ether oxygens (including phenoxy) is 1. The van der Waals surface area contributed by atoms with E-state index >= 15 is 0 Å². The number of anilines is 1. The molecule has 2 N–H and O–H groups in total. The highest BCUT2D eigenvalue weighted by atomic mass is 35.5. The van der Waals surface area contributed by atoms with Gasteiger partial charge in [0.15, 0.2) is 17.5 Å². The Bertz CT molecular complexity index is 1160. The summed E-state index contributed by atoms with van der Waals surface area (Å²) in [5.74, 6) is -1.18. The van der Waals surface area contributed by atoms with Crippen LogP contribution >= 0.6 is 58.2 Å². The van der Waals surface area contributed by atoms with E-state index < -0.39 is 11.8 Å². The molecule has 0 saturated heterocycles. The van der Waals surface area contributed by atoms with E-state index in [1.54, 1.807) is 12.1 Å². The predicted octanol–water partition coefficient (Wildman–Crippen LogP) is 5.42. The quantitative estimate of drug-likeness (QED) is 0.501. The number of halogens is 4. The van der Waals surface area contributed by atoms with E-state index in [0.717, 1.165) is 11.8 Å². The summed E-state index contributed by atoms with van der Waals surface area (Å²) in [6.45, 7) is 0.959. The average molecular weight is 533 g/mol. The summed E-state index contributed by atoms with van der Waals surface area (Å²) in [6, 6.07) is 7.71. The maximum absolute atomic E-state index is 12.2. The Morgan fingerprint density at radius 2 is 1.72 bits per heavy atom. The smallest absolute Gasteiger partial charge is 0.286 e. The fourth-order valence-electron chi connectivity index (χ4n) is 2.47. The Morgan fingerprint density at radius 1 is 1.03 bits per heavy atom. The van der Waals surface area contributed by atoms with Crippen LogP contribution in [0.2, 0.25) is 20.1 Å². The van der Waals surface area contributed by atoms with E-state index in [4.69, 9.17) is 51.1 Å². The molecule has 0 aliphatic carbocycles. The number of amidine groups is 1. The molecule has 0 radical (unpaired) electrons. The number of hydrogen-bond donors (Lipinski definition) is 2. The Hall–Kier alpha value is -2.23. The molecule has 0 atom stereocenters. The van der Waals surface area contributed by atoms with E-state index in [9.17, 15) is 14.4 Å². The molecule has 3 rings (SSSR count). The van der Waals surface area contributed by atoms with Crippen LogP contribution in [0.3, 0.4) is 0 Å². The van der Waals surface area contributed by atoms with Gasteiger partial charge in [-0.2, -0.15) is 4.99 Å². The molecule has 0 aromatic heterocycles. The first-order valence-corrected chi connectivity index (χ1v) is 11.1. The summed E-state index contributed by atoms with van der Waals surface area (Å²) in [4.78, 5) is 39.3. The van der Waals surface area contributed by atoms with Crippen molar-refractivity contribution in [3.05, 3.63) is 60.9 Å². The molecule has 0 unspecified atom stereocenters. The van der Waals surface area contributed by atoms with Crippen molar-refractivity contribution in [2.45, 2.75) is 6.92 Å². The van der Waals surface area contributed by atoms with Gasteiger partial charge in [0.1, 0.15) is 0 Å². The van der Waals surface area contributed by atoms with Crippen LogP contribution in [0, 0.1) is 0 Å². The van der Waals surface area contributed by atoms with E-state index in [1.165, 1.54) is 31.2 Å². The lowest BCUT2D eigenvalue weighted by Gasteiger charge is -2.11. The molecular formula is C20H13Cl4N3O4S. The van der Waals surface area contributed by atoms with E-state index in [1.807, 2.05) is 0 Å². The second-order valence-corrected chi connectivity index (χ2v) is 8.95. The highest BCUT2D eigenvalue weighted by Gasteiger charge is 2.23. The minimum atomic E-state index is -0.495. The Morgan fingerprint density at radius 3 is 2.34 bits per heavy atom. The summed E-state index contributed by atoms with van der Waals surface area (Å²) < 4.78 is 5.46. The molecule has 0 saturated carbocycles. The van der Waals surface area contributed by atoms with E-state index in [0.29, 0.717) is 21.3 Å². The zero-order chi connectivity index (χ0) is 23.4. The van der Waals surface area contributed by atoms with Gasteiger partial charge in [-0.25, -0.2) is 0 Å². The molecule has 2 aromatic carbocycles. The van der Waals surface area contributed by atoms with Crippen molar-refractivity contribution in [3.8, 4) is 5.75 Å². The van der Waals surface area contributed by atoms with Gasteiger partial charge < -0.3 is 15.4 Å². The van der Waals surface area contributed by atoms with Crippen LogP contribution in [-0.4, -0.2) is 29.5 Å². The van der Waals surface area contributed by atoms with Crippen molar-refractivity contribution in [1.82, 2.24) is 5.32 Å². The second-order valence-electron chi connectivity index (χ2n) is 6.29. The van der Waals surface area contributed by atoms with Gasteiger partial charge in [0.25, 0.3) is 11.8 Å². The number of rotatable bonds is 5. The van der Waals surface area contributed by atoms with Crippen molar-refractivity contribution >= 4 is 92.8 Å². The third-order valence-corrected chi connectivity index (χ3v) is 5.97. The molecule has 166 valence electrons. The summed E-state index contributed by atoms with van der Waals surface area (Å²) in [5.41, 5.74) is 0.967. The lowest BCUT2D eigenvalue weighted by molar-refractivity contribution is -0.118. The van der Waals surface area contributed by atoms with Crippen LogP contribution in [0.5, 0.6) is 5.75 Å². The van der Waals surface area contributed by atoms with Crippen LogP contribution in [0.15, 0.2) is 40.2 Å². The lowest BCUT2D eigenvalue weighted by atomic mass is 10.2. The van der Waals surface area contributed by atoms with Gasteiger partial charge in [-0.05, 0) is 53.7 Å². The molecule has 1 heterocycles. The maximum atomic E-state index is 12.2. The number of benzene rings is 2. The molecule has 0 bridgehead atoms. The third-order valence-electron chi connectivity index (χ3n) is 3.77. The Balaban J connectivity index is 1.66. The van der Waals surface area contributed by atoms with Gasteiger partial charge in [0.2, 0.25) is 5.91 Å². The van der Waals surface area contributed by atoms with Gasteiger partial charge in [0, 0.05) is 12.6 Å². The van der Waals surface area contributed by atoms with Crippen LogP contribution in [0.4, 0.5) is 5.69 Å². The van der Waals surface area contributed by atoms with Gasteiger partial charge in [-0.15, -0.1) is 0 Å². The number of hydrogen-bond acceptors (Lipinski definition) is 5. The minimum Gasteiger partial charge on any atom is -0.481 e. The lowest BCUT2D eigenvalue weighted by Crippen LogP contribution is -2.23. The van der Waals surface area contributed by atoms with Gasteiger partial charge in [-0.3, -0.25) is 14.4 Å². The number of carbonyl (C=O) groups is 3. The standard InChI is InChI=1S/C20H13Cl4N3O4S/c1-9(28)25-20-27-19(30)16(32-20)6-10-4-14(23)18(15(24)5-10)31-8-17(29)26-11-2-3-12(21)13(22)7-11/h2-7H,8H2,1H3,(H,26,29)(H,25,27,28,30)/b16-6+. The van der Waals surface area contributed by atoms with Crippen molar-refractivity contribution in [3.63, 3.8) is 0 Å². The number of carbonyl (C=O) groups excluding carboxylic acids is 3. The van der Waals surface area contributed by atoms with Crippen LogP contribution in [0.1, 0.15) is 12.5 Å². The molecule has 2 aromatic rings. The van der Waals surface area contributed by atoms with Gasteiger partial charge in [-0.1, -0.05) is 46.4 Å². The van der Waals surface area contributed by atoms with Crippen LogP contribution in [0.25, 0.3) is 6.08 Å². The first kappa shape index (κ1) is 24.4. The fraction of sp³-hybridized carbons (Fsp3) is 0.100. The zero-order valence-corrected chi connectivity index (χ0v) is 20.0. The summed E-state index contributed by atoms with van der Waals surface area (Å²) in [7, 11) is 0. The van der Waals surface area contributed by atoms with Gasteiger partial charge in [0.05, 0.1) is 25.0 Å². The molecular weight excluding hydrogens is 520 g/mol. The summed E-state index contributed by atoms with van der Waals surface area (Å²) in [5, 5.41) is 6.22. The number of thioether (sulfide) groups is 1. The number of amides is 3.